The monoisotopic (exact) mass is 416 g/mol. The number of fused-ring (bicyclic) bond motifs is 1. The summed E-state index contributed by atoms with van der Waals surface area (Å²) in [7, 11) is 0. The van der Waals surface area contributed by atoms with Gasteiger partial charge in [0.15, 0.2) is 0 Å². The number of anilines is 2. The van der Waals surface area contributed by atoms with Crippen molar-refractivity contribution < 1.29 is 9.59 Å². The number of benzene rings is 1. The van der Waals surface area contributed by atoms with Gasteiger partial charge in [-0.3, -0.25) is 24.7 Å². The minimum absolute atomic E-state index is 0.0962. The summed E-state index contributed by atoms with van der Waals surface area (Å²) in [6.07, 6.45) is 3.70. The molecule has 1 aromatic heterocycles. The number of carbonyl (C=O) groups excluding carboxylic acids is 2. The van der Waals surface area contributed by atoms with Crippen LogP contribution in [0.5, 0.6) is 0 Å². The Kier molecular flexibility index (Phi) is 6.07. The minimum atomic E-state index is -0.513. The quantitative estimate of drug-likeness (QED) is 0.702. The van der Waals surface area contributed by atoms with Gasteiger partial charge in [0.2, 0.25) is 11.9 Å². The number of aromatic amines is 1. The average molecular weight is 417 g/mol. The largest absolute Gasteiger partial charge is 0.326 e. The zero-order valence-corrected chi connectivity index (χ0v) is 17.6. The maximum Gasteiger partial charge on any atom is 0.259 e. The number of amides is 2. The molecule has 2 aromatic rings. The van der Waals surface area contributed by atoms with Gasteiger partial charge in [0.1, 0.15) is 0 Å². The third-order valence-electron chi connectivity index (χ3n) is 4.61. The van der Waals surface area contributed by atoms with E-state index in [2.05, 4.69) is 20.6 Å². The van der Waals surface area contributed by atoms with E-state index < -0.39 is 5.91 Å². The smallest absolute Gasteiger partial charge is 0.259 e. The fraction of sp³-hybridized carbons (Fsp3) is 0.429. The Balaban J connectivity index is 1.78. The van der Waals surface area contributed by atoms with Gasteiger partial charge in [-0.15, -0.1) is 0 Å². The molecule has 3 N–H and O–H groups in total. The highest BCUT2D eigenvalue weighted by Gasteiger charge is 2.19. The third-order valence-corrected chi connectivity index (χ3v) is 4.94. The number of nitrogens with zero attached hydrogens (tertiary/aromatic N) is 1. The summed E-state index contributed by atoms with van der Waals surface area (Å²) in [6, 6.07) is 4.69. The first-order valence-electron chi connectivity index (χ1n) is 9.65. The molecule has 1 aliphatic rings. The average Bonchev–Trinajstić information content (AvgIpc) is 2.61. The molecule has 0 saturated carbocycles. The van der Waals surface area contributed by atoms with Crippen molar-refractivity contribution in [2.24, 2.45) is 5.41 Å². The van der Waals surface area contributed by atoms with Gasteiger partial charge in [-0.05, 0) is 49.3 Å². The molecule has 8 heteroatoms. The van der Waals surface area contributed by atoms with E-state index in [0.29, 0.717) is 24.1 Å². The van der Waals surface area contributed by atoms with E-state index in [-0.39, 0.29) is 33.4 Å². The van der Waals surface area contributed by atoms with Crippen LogP contribution in [0.15, 0.2) is 23.0 Å². The van der Waals surface area contributed by atoms with Crippen LogP contribution < -0.4 is 16.2 Å². The van der Waals surface area contributed by atoms with Crippen LogP contribution in [0.25, 0.3) is 0 Å². The first-order valence-corrected chi connectivity index (χ1v) is 10.0. The molecule has 2 amide bonds. The van der Waals surface area contributed by atoms with Crippen molar-refractivity contribution in [3.05, 3.63) is 50.4 Å². The maximum atomic E-state index is 12.7. The first-order chi connectivity index (χ1) is 13.6. The summed E-state index contributed by atoms with van der Waals surface area (Å²) in [5, 5.41) is 5.62. The Morgan fingerprint density at radius 2 is 1.90 bits per heavy atom. The number of aryl methyl sites for hydroxylation is 1. The molecule has 3 rings (SSSR count). The predicted molar refractivity (Wildman–Crippen MR) is 114 cm³/mol. The molecular formula is C21H25ClN4O3. The van der Waals surface area contributed by atoms with Crippen LogP contribution in [-0.4, -0.2) is 21.8 Å². The van der Waals surface area contributed by atoms with E-state index in [1.807, 2.05) is 20.8 Å². The SMILES string of the molecule is CC(C)(C)CC(=O)Nc1ccc(Cl)c(C(=O)Nc2nc3c(c(=O)[nH]2)CCCC3)c1. The Morgan fingerprint density at radius 1 is 1.17 bits per heavy atom. The van der Waals surface area contributed by atoms with Gasteiger partial charge in [0.05, 0.1) is 16.3 Å². The van der Waals surface area contributed by atoms with Gasteiger partial charge in [0.25, 0.3) is 11.5 Å². The molecule has 0 fully saturated rings. The van der Waals surface area contributed by atoms with Gasteiger partial charge in [-0.2, -0.15) is 0 Å². The fourth-order valence-electron chi connectivity index (χ4n) is 3.30. The second-order valence-electron chi connectivity index (χ2n) is 8.48. The molecular weight excluding hydrogens is 392 g/mol. The number of rotatable bonds is 4. The van der Waals surface area contributed by atoms with Crippen LogP contribution >= 0.6 is 11.6 Å². The van der Waals surface area contributed by atoms with Crippen molar-refractivity contribution in [1.82, 2.24) is 9.97 Å². The van der Waals surface area contributed by atoms with E-state index in [9.17, 15) is 14.4 Å². The van der Waals surface area contributed by atoms with Gasteiger partial charge in [0, 0.05) is 17.7 Å². The molecule has 29 heavy (non-hydrogen) atoms. The van der Waals surface area contributed by atoms with Gasteiger partial charge in [-0.1, -0.05) is 32.4 Å². The summed E-state index contributed by atoms with van der Waals surface area (Å²) in [5.74, 6) is -0.563. The summed E-state index contributed by atoms with van der Waals surface area (Å²) in [5.41, 5.74) is 1.70. The lowest BCUT2D eigenvalue weighted by atomic mass is 9.92. The van der Waals surface area contributed by atoms with Gasteiger partial charge < -0.3 is 5.32 Å². The van der Waals surface area contributed by atoms with E-state index in [1.165, 1.54) is 6.07 Å². The summed E-state index contributed by atoms with van der Waals surface area (Å²) in [4.78, 5) is 44.1. The molecule has 154 valence electrons. The lowest BCUT2D eigenvalue weighted by molar-refractivity contribution is -0.117. The van der Waals surface area contributed by atoms with Crippen molar-refractivity contribution in [3.8, 4) is 0 Å². The highest BCUT2D eigenvalue weighted by Crippen LogP contribution is 2.24. The van der Waals surface area contributed by atoms with Crippen molar-refractivity contribution >= 4 is 35.1 Å². The molecule has 0 unspecified atom stereocenters. The third kappa shape index (κ3) is 5.44. The number of halogens is 1. The fourth-order valence-corrected chi connectivity index (χ4v) is 3.50. The van der Waals surface area contributed by atoms with Crippen LogP contribution in [0, 0.1) is 5.41 Å². The molecule has 0 saturated heterocycles. The van der Waals surface area contributed by atoms with Crippen LogP contribution in [0.4, 0.5) is 11.6 Å². The van der Waals surface area contributed by atoms with Crippen molar-refractivity contribution in [1.29, 1.82) is 0 Å². The molecule has 1 aliphatic carbocycles. The van der Waals surface area contributed by atoms with Crippen LogP contribution in [0.2, 0.25) is 5.02 Å². The second kappa shape index (κ2) is 8.37. The molecule has 1 aromatic carbocycles. The lowest BCUT2D eigenvalue weighted by Crippen LogP contribution is -2.25. The topological polar surface area (TPSA) is 104 Å². The van der Waals surface area contributed by atoms with E-state index >= 15 is 0 Å². The summed E-state index contributed by atoms with van der Waals surface area (Å²) < 4.78 is 0. The zero-order valence-electron chi connectivity index (χ0n) is 16.8. The Labute approximate surface area is 174 Å². The number of H-pyrrole nitrogens is 1. The standard InChI is InChI=1S/C21H25ClN4O3/c1-21(2,3)11-17(27)23-12-8-9-15(22)14(10-12)19(29)26-20-24-16-7-5-4-6-13(16)18(28)25-20/h8-10H,4-7,11H2,1-3H3,(H,23,27)(H2,24,25,26,28,29). The number of nitrogens with one attached hydrogen (secondary N) is 3. The Hall–Kier alpha value is -2.67. The number of carbonyl (C=O) groups is 2. The number of hydrogen-bond donors (Lipinski definition) is 3. The van der Waals surface area contributed by atoms with Crippen LogP contribution in [-0.2, 0) is 17.6 Å². The summed E-state index contributed by atoms with van der Waals surface area (Å²) in [6.45, 7) is 5.92. The minimum Gasteiger partial charge on any atom is -0.326 e. The highest BCUT2D eigenvalue weighted by atomic mass is 35.5. The predicted octanol–water partition coefficient (Wildman–Crippen LogP) is 3.93. The lowest BCUT2D eigenvalue weighted by Gasteiger charge is -2.17. The van der Waals surface area contributed by atoms with E-state index in [4.69, 9.17) is 11.6 Å². The zero-order chi connectivity index (χ0) is 21.2. The van der Waals surface area contributed by atoms with Crippen molar-refractivity contribution in [3.63, 3.8) is 0 Å². The second-order valence-corrected chi connectivity index (χ2v) is 8.89. The molecule has 0 atom stereocenters. The molecule has 1 heterocycles. The highest BCUT2D eigenvalue weighted by molar-refractivity contribution is 6.34. The Morgan fingerprint density at radius 3 is 2.62 bits per heavy atom. The first kappa shape index (κ1) is 21.0. The Bertz CT molecular complexity index is 1010. The van der Waals surface area contributed by atoms with Crippen LogP contribution in [0.1, 0.15) is 61.6 Å². The maximum absolute atomic E-state index is 12.7. The molecule has 0 radical (unpaired) electrons. The number of hydrogen-bond acceptors (Lipinski definition) is 4. The molecule has 0 spiro atoms. The van der Waals surface area contributed by atoms with Crippen molar-refractivity contribution in [2.75, 3.05) is 10.6 Å². The van der Waals surface area contributed by atoms with Crippen LogP contribution in [0.3, 0.4) is 0 Å². The summed E-state index contributed by atoms with van der Waals surface area (Å²) >= 11 is 6.18. The van der Waals surface area contributed by atoms with E-state index in [0.717, 1.165) is 25.0 Å². The molecule has 0 aliphatic heterocycles. The molecule has 7 nitrogen and oxygen atoms in total. The van der Waals surface area contributed by atoms with Gasteiger partial charge >= 0.3 is 0 Å². The van der Waals surface area contributed by atoms with Gasteiger partial charge in [-0.25, -0.2) is 4.98 Å². The van der Waals surface area contributed by atoms with Crippen molar-refractivity contribution in [2.45, 2.75) is 52.9 Å². The van der Waals surface area contributed by atoms with E-state index in [1.54, 1.807) is 12.1 Å². The number of aromatic nitrogens is 2. The molecule has 0 bridgehead atoms. The normalized spacial score (nSPS) is 13.5.